The molecule has 0 saturated carbocycles. The Hall–Kier alpha value is -4.88. The number of carbonyl (C=O) groups is 1. The van der Waals surface area contributed by atoms with Crippen molar-refractivity contribution in [2.75, 3.05) is 15.8 Å². The van der Waals surface area contributed by atoms with Gasteiger partial charge in [0.25, 0.3) is 10.0 Å². The lowest BCUT2D eigenvalue weighted by atomic mass is 9.87. The monoisotopic (exact) mass is 539 g/mol. The van der Waals surface area contributed by atoms with Gasteiger partial charge >= 0.3 is 5.97 Å². The molecule has 0 spiro atoms. The van der Waals surface area contributed by atoms with Gasteiger partial charge in [-0.2, -0.15) is 5.26 Å². The number of ether oxygens (including phenoxy) is 1. The molecule has 2 atom stereocenters. The van der Waals surface area contributed by atoms with Crippen LogP contribution in [0.4, 0.5) is 17.3 Å². The van der Waals surface area contributed by atoms with Gasteiger partial charge < -0.3 is 16.2 Å². The molecule has 9 nitrogen and oxygen atoms in total. The molecule has 196 valence electrons. The molecule has 0 aliphatic carbocycles. The van der Waals surface area contributed by atoms with Crippen molar-refractivity contribution in [3.63, 3.8) is 0 Å². The molecule has 10 heteroatoms. The Morgan fingerprint density at radius 1 is 1.00 bits per heavy atom. The number of sulfonamides is 1. The molecule has 2 heterocycles. The number of pyridine rings is 1. The number of aryl methyl sites for hydroxylation is 1. The first-order valence-electron chi connectivity index (χ1n) is 12.1. The van der Waals surface area contributed by atoms with Crippen molar-refractivity contribution >= 4 is 33.3 Å². The van der Waals surface area contributed by atoms with Crippen LogP contribution >= 0.6 is 0 Å². The first-order valence-corrected chi connectivity index (χ1v) is 13.5. The zero-order valence-corrected chi connectivity index (χ0v) is 21.8. The van der Waals surface area contributed by atoms with E-state index in [2.05, 4.69) is 4.98 Å². The highest BCUT2D eigenvalue weighted by atomic mass is 32.2. The minimum absolute atomic E-state index is 0.0312. The van der Waals surface area contributed by atoms with Gasteiger partial charge in [0.15, 0.2) is 11.9 Å². The normalized spacial score (nSPS) is 16.4. The van der Waals surface area contributed by atoms with Gasteiger partial charge in [-0.05, 0) is 30.2 Å². The van der Waals surface area contributed by atoms with E-state index in [4.69, 9.17) is 16.2 Å². The highest BCUT2D eigenvalue weighted by Gasteiger charge is 2.52. The molecular formula is C29H25N5O4S. The van der Waals surface area contributed by atoms with E-state index in [1.807, 2.05) is 31.2 Å². The minimum atomic E-state index is -4.36. The highest BCUT2D eigenvalue weighted by molar-refractivity contribution is 7.93. The molecule has 3 aromatic carbocycles. The largest absolute Gasteiger partial charge is 0.459 e. The number of nitrogens with two attached hydrogens (primary N) is 2. The number of nitrogens with zero attached hydrogens (tertiary/aromatic N) is 3. The fourth-order valence-electron chi connectivity index (χ4n) is 4.78. The average Bonchev–Trinajstić information content (AvgIpc) is 3.29. The molecule has 1 aliphatic heterocycles. The maximum atomic E-state index is 14.2. The third-order valence-corrected chi connectivity index (χ3v) is 8.47. The second kappa shape index (κ2) is 10.1. The smallest absolute Gasteiger partial charge is 0.331 e. The summed E-state index contributed by atoms with van der Waals surface area (Å²) in [6.07, 6.45) is 0. The molecule has 1 aliphatic rings. The number of nitriles is 1. The number of esters is 1. The van der Waals surface area contributed by atoms with Crippen molar-refractivity contribution in [2.24, 2.45) is 0 Å². The summed E-state index contributed by atoms with van der Waals surface area (Å²) in [4.78, 5) is 18.1. The summed E-state index contributed by atoms with van der Waals surface area (Å²) in [5, 5.41) is 9.73. The first kappa shape index (κ1) is 25.8. The van der Waals surface area contributed by atoms with E-state index in [0.717, 1.165) is 15.4 Å². The lowest BCUT2D eigenvalue weighted by Crippen LogP contribution is -2.45. The number of rotatable bonds is 6. The molecule has 39 heavy (non-hydrogen) atoms. The first-order chi connectivity index (χ1) is 18.7. The molecule has 0 saturated heterocycles. The van der Waals surface area contributed by atoms with Crippen molar-refractivity contribution in [3.05, 3.63) is 113 Å². The van der Waals surface area contributed by atoms with E-state index in [1.54, 1.807) is 54.6 Å². The summed E-state index contributed by atoms with van der Waals surface area (Å²) in [5.41, 5.74) is 14.8. The van der Waals surface area contributed by atoms with Gasteiger partial charge in [0.05, 0.1) is 10.6 Å². The Balaban J connectivity index is 1.73. The van der Waals surface area contributed by atoms with Crippen LogP contribution in [0.25, 0.3) is 0 Å². The van der Waals surface area contributed by atoms with E-state index in [9.17, 15) is 18.5 Å². The number of hydrogen-bond donors (Lipinski definition) is 2. The summed E-state index contributed by atoms with van der Waals surface area (Å²) in [6.45, 7) is 1.77. The lowest BCUT2D eigenvalue weighted by Gasteiger charge is -2.28. The lowest BCUT2D eigenvalue weighted by molar-refractivity contribution is -0.146. The number of hydrogen-bond acceptors (Lipinski definition) is 8. The predicted molar refractivity (Wildman–Crippen MR) is 147 cm³/mol. The Morgan fingerprint density at radius 2 is 1.62 bits per heavy atom. The maximum absolute atomic E-state index is 14.2. The molecule has 0 radical (unpaired) electrons. The van der Waals surface area contributed by atoms with E-state index in [-0.39, 0.29) is 40.0 Å². The van der Waals surface area contributed by atoms with Crippen molar-refractivity contribution in [2.45, 2.75) is 30.4 Å². The van der Waals surface area contributed by atoms with Crippen molar-refractivity contribution < 1.29 is 17.9 Å². The van der Waals surface area contributed by atoms with Crippen molar-refractivity contribution in [1.29, 1.82) is 5.26 Å². The Morgan fingerprint density at radius 3 is 2.23 bits per heavy atom. The molecule has 4 N–H and O–H groups in total. The van der Waals surface area contributed by atoms with Gasteiger partial charge in [-0.3, -0.25) is 0 Å². The second-order valence-corrected chi connectivity index (χ2v) is 11.0. The Kier molecular flexibility index (Phi) is 6.68. The average molecular weight is 540 g/mol. The van der Waals surface area contributed by atoms with Crippen LogP contribution in [-0.2, 0) is 26.2 Å². The van der Waals surface area contributed by atoms with Crippen LogP contribution in [0, 0.1) is 18.3 Å². The van der Waals surface area contributed by atoms with Gasteiger partial charge in [0, 0.05) is 11.5 Å². The fraction of sp³-hybridized carbons (Fsp3) is 0.138. The minimum Gasteiger partial charge on any atom is -0.459 e. The van der Waals surface area contributed by atoms with Crippen LogP contribution in [0.3, 0.4) is 0 Å². The van der Waals surface area contributed by atoms with E-state index >= 15 is 0 Å². The predicted octanol–water partition coefficient (Wildman–Crippen LogP) is 3.88. The summed E-state index contributed by atoms with van der Waals surface area (Å²) in [6, 6.07) is 24.7. The van der Waals surface area contributed by atoms with E-state index < -0.39 is 28.0 Å². The summed E-state index contributed by atoms with van der Waals surface area (Å²) >= 11 is 0. The molecule has 0 amide bonds. The third-order valence-electron chi connectivity index (χ3n) is 6.68. The standard InChI is InChI=1S/C29H25N5O4S/c1-18-12-14-21(15-13-18)39(36,37)34-26(29(35)38-17-19-8-4-2-5-9-19)23(20-10-6-3-7-11-20)24-25(31)22(16-30)27(32)33-28(24)34/h2-15,23,26H,17H2,1H3,(H4,31,32,33). The molecule has 4 aromatic rings. The molecule has 0 fully saturated rings. The van der Waals surface area contributed by atoms with Crippen LogP contribution in [0.5, 0.6) is 0 Å². The van der Waals surface area contributed by atoms with Crippen LogP contribution in [0.15, 0.2) is 89.8 Å². The number of aromatic nitrogens is 1. The quantitative estimate of drug-likeness (QED) is 0.350. The molecule has 5 rings (SSSR count). The third kappa shape index (κ3) is 4.53. The van der Waals surface area contributed by atoms with E-state index in [0.29, 0.717) is 5.56 Å². The molecular weight excluding hydrogens is 514 g/mol. The van der Waals surface area contributed by atoms with E-state index in [1.165, 1.54) is 12.1 Å². The number of nitrogen functional groups attached to an aromatic ring is 2. The zero-order valence-electron chi connectivity index (χ0n) is 21.0. The zero-order chi connectivity index (χ0) is 27.7. The van der Waals surface area contributed by atoms with Gasteiger partial charge in [-0.15, -0.1) is 0 Å². The van der Waals surface area contributed by atoms with Gasteiger partial charge in [0.2, 0.25) is 0 Å². The topological polar surface area (TPSA) is 152 Å². The number of fused-ring (bicyclic) bond motifs is 1. The molecule has 0 bridgehead atoms. The second-order valence-electron chi connectivity index (χ2n) is 9.18. The van der Waals surface area contributed by atoms with Gasteiger partial charge in [-0.25, -0.2) is 22.5 Å². The Labute approximate surface area is 226 Å². The number of benzene rings is 3. The summed E-state index contributed by atoms with van der Waals surface area (Å²) < 4.78 is 35.0. The van der Waals surface area contributed by atoms with Crippen molar-refractivity contribution in [1.82, 2.24) is 4.98 Å². The van der Waals surface area contributed by atoms with Crippen LogP contribution < -0.4 is 15.8 Å². The van der Waals surface area contributed by atoms with Crippen LogP contribution in [0.2, 0.25) is 0 Å². The summed E-state index contributed by atoms with van der Waals surface area (Å²) in [5.74, 6) is -2.05. The van der Waals surface area contributed by atoms with Gasteiger partial charge in [-0.1, -0.05) is 78.4 Å². The number of anilines is 3. The SMILES string of the molecule is Cc1ccc(S(=O)(=O)N2c3nc(N)c(C#N)c(N)c3C(c3ccccc3)C2C(=O)OCc2ccccc2)cc1. The molecule has 1 aromatic heterocycles. The molecule has 2 unspecified atom stereocenters. The van der Waals surface area contributed by atoms with Crippen molar-refractivity contribution in [3.8, 4) is 6.07 Å². The summed E-state index contributed by atoms with van der Waals surface area (Å²) in [7, 11) is -4.36. The highest BCUT2D eigenvalue weighted by Crippen LogP contribution is 2.50. The number of carbonyl (C=O) groups excluding carboxylic acids is 1. The maximum Gasteiger partial charge on any atom is 0.331 e. The Bertz CT molecular complexity index is 1690. The fourth-order valence-corrected chi connectivity index (χ4v) is 6.36. The van der Waals surface area contributed by atoms with Crippen LogP contribution in [-0.4, -0.2) is 25.4 Å². The van der Waals surface area contributed by atoms with Crippen LogP contribution in [0.1, 0.15) is 33.7 Å². The van der Waals surface area contributed by atoms with Gasteiger partial charge in [0.1, 0.15) is 24.1 Å².